The maximum Gasteiger partial charge on any atom is 0.154 e. The second-order valence-electron chi connectivity index (χ2n) is 4.69. The predicted molar refractivity (Wildman–Crippen MR) is 71.2 cm³/mol. The highest BCUT2D eigenvalue weighted by molar-refractivity contribution is 7.90. The fourth-order valence-corrected chi connectivity index (χ4v) is 3.74. The zero-order valence-electron chi connectivity index (χ0n) is 10.8. The topological polar surface area (TPSA) is 60.2 Å². The van der Waals surface area contributed by atoms with Crippen LogP contribution >= 0.6 is 0 Å². The van der Waals surface area contributed by atoms with Crippen molar-refractivity contribution in [1.82, 2.24) is 0 Å². The van der Waals surface area contributed by atoms with Crippen molar-refractivity contribution < 1.29 is 12.8 Å². The lowest BCUT2D eigenvalue weighted by molar-refractivity contribution is 0.563. The van der Waals surface area contributed by atoms with Crippen LogP contribution in [0.1, 0.15) is 31.4 Å². The zero-order chi connectivity index (χ0) is 13.8. The first-order valence-corrected chi connectivity index (χ1v) is 7.88. The monoisotopic (exact) mass is 273 g/mol. The van der Waals surface area contributed by atoms with Crippen molar-refractivity contribution in [2.75, 3.05) is 5.75 Å². The highest BCUT2D eigenvalue weighted by Crippen LogP contribution is 2.17. The molecule has 1 atom stereocenters. The van der Waals surface area contributed by atoms with Gasteiger partial charge in [0.05, 0.1) is 11.5 Å². The lowest BCUT2D eigenvalue weighted by Gasteiger charge is -2.12. The van der Waals surface area contributed by atoms with E-state index in [1.54, 1.807) is 6.07 Å². The predicted octanol–water partition coefficient (Wildman–Crippen LogP) is 2.25. The number of rotatable bonds is 6. The SMILES string of the molecule is CCC(C)CS(=O)(=O)Cc1cc(F)ccc1CN. The van der Waals surface area contributed by atoms with Crippen molar-refractivity contribution in [3.05, 3.63) is 35.1 Å². The van der Waals surface area contributed by atoms with Gasteiger partial charge >= 0.3 is 0 Å². The molecule has 2 N–H and O–H groups in total. The molecular formula is C13H20FNO2S. The Hall–Kier alpha value is -0.940. The number of nitrogens with two attached hydrogens (primary N) is 1. The van der Waals surface area contributed by atoms with Crippen molar-refractivity contribution in [2.45, 2.75) is 32.6 Å². The summed E-state index contributed by atoms with van der Waals surface area (Å²) >= 11 is 0. The number of hydrogen-bond acceptors (Lipinski definition) is 3. The summed E-state index contributed by atoms with van der Waals surface area (Å²) in [5, 5.41) is 0. The maximum absolute atomic E-state index is 13.2. The molecule has 0 saturated carbocycles. The molecule has 1 aromatic carbocycles. The first-order valence-electron chi connectivity index (χ1n) is 6.05. The lowest BCUT2D eigenvalue weighted by atomic mass is 10.1. The standard InChI is InChI=1S/C13H20FNO2S/c1-3-10(2)8-18(16,17)9-12-6-13(14)5-4-11(12)7-15/h4-6,10H,3,7-9,15H2,1-2H3. The van der Waals surface area contributed by atoms with Crippen LogP contribution < -0.4 is 5.73 Å². The van der Waals surface area contributed by atoms with Crippen LogP contribution in [0.3, 0.4) is 0 Å². The molecule has 0 saturated heterocycles. The fourth-order valence-electron chi connectivity index (χ4n) is 1.78. The average molecular weight is 273 g/mol. The smallest absolute Gasteiger partial charge is 0.154 e. The van der Waals surface area contributed by atoms with Crippen LogP contribution in [0.4, 0.5) is 4.39 Å². The molecule has 102 valence electrons. The van der Waals surface area contributed by atoms with Gasteiger partial charge in [-0.15, -0.1) is 0 Å². The van der Waals surface area contributed by atoms with Gasteiger partial charge in [-0.2, -0.15) is 0 Å². The van der Waals surface area contributed by atoms with Crippen molar-refractivity contribution in [3.8, 4) is 0 Å². The van der Waals surface area contributed by atoms with E-state index in [0.717, 1.165) is 6.42 Å². The summed E-state index contributed by atoms with van der Waals surface area (Å²) in [6.45, 7) is 4.06. The van der Waals surface area contributed by atoms with Crippen molar-refractivity contribution in [3.63, 3.8) is 0 Å². The van der Waals surface area contributed by atoms with Gasteiger partial charge in [-0.1, -0.05) is 26.3 Å². The molecule has 0 aliphatic carbocycles. The number of sulfone groups is 1. The Morgan fingerprint density at radius 1 is 1.33 bits per heavy atom. The van der Waals surface area contributed by atoms with Gasteiger partial charge in [0.1, 0.15) is 5.82 Å². The summed E-state index contributed by atoms with van der Waals surface area (Å²) in [5.41, 5.74) is 6.69. The zero-order valence-corrected chi connectivity index (χ0v) is 11.6. The molecule has 3 nitrogen and oxygen atoms in total. The second-order valence-corrected chi connectivity index (χ2v) is 6.79. The van der Waals surface area contributed by atoms with E-state index in [-0.39, 0.29) is 24.0 Å². The third kappa shape index (κ3) is 4.38. The third-order valence-electron chi connectivity index (χ3n) is 3.00. The van der Waals surface area contributed by atoms with Gasteiger partial charge in [0.2, 0.25) is 0 Å². The van der Waals surface area contributed by atoms with Crippen LogP contribution in [0.25, 0.3) is 0 Å². The molecule has 0 aliphatic rings. The second kappa shape index (κ2) is 6.29. The van der Waals surface area contributed by atoms with E-state index in [4.69, 9.17) is 5.73 Å². The third-order valence-corrected chi connectivity index (χ3v) is 4.83. The highest BCUT2D eigenvalue weighted by Gasteiger charge is 2.17. The van der Waals surface area contributed by atoms with Crippen LogP contribution in [0.5, 0.6) is 0 Å². The Bertz CT molecular complexity index is 500. The van der Waals surface area contributed by atoms with Gasteiger partial charge in [-0.05, 0) is 29.2 Å². The van der Waals surface area contributed by atoms with E-state index in [2.05, 4.69) is 0 Å². The van der Waals surface area contributed by atoms with E-state index in [0.29, 0.717) is 11.1 Å². The molecule has 18 heavy (non-hydrogen) atoms. The molecule has 0 aliphatic heterocycles. The molecular weight excluding hydrogens is 253 g/mol. The summed E-state index contributed by atoms with van der Waals surface area (Å²) in [4.78, 5) is 0. The average Bonchev–Trinajstić information content (AvgIpc) is 2.28. The van der Waals surface area contributed by atoms with Crippen molar-refractivity contribution in [2.24, 2.45) is 11.7 Å². The normalized spacial score (nSPS) is 13.6. The van der Waals surface area contributed by atoms with Crippen LogP contribution in [0.15, 0.2) is 18.2 Å². The van der Waals surface area contributed by atoms with Gasteiger partial charge in [0.25, 0.3) is 0 Å². The molecule has 0 bridgehead atoms. The molecule has 0 amide bonds. The summed E-state index contributed by atoms with van der Waals surface area (Å²) < 4.78 is 37.1. The lowest BCUT2D eigenvalue weighted by Crippen LogP contribution is -2.16. The van der Waals surface area contributed by atoms with Gasteiger partial charge in [0, 0.05) is 6.54 Å². The minimum atomic E-state index is -3.22. The largest absolute Gasteiger partial charge is 0.326 e. The van der Waals surface area contributed by atoms with E-state index in [1.165, 1.54) is 12.1 Å². The molecule has 0 fully saturated rings. The quantitative estimate of drug-likeness (QED) is 0.864. The molecule has 1 aromatic rings. The summed E-state index contributed by atoms with van der Waals surface area (Å²) in [7, 11) is -3.22. The van der Waals surface area contributed by atoms with Crippen molar-refractivity contribution >= 4 is 9.84 Å². The van der Waals surface area contributed by atoms with Gasteiger partial charge in [-0.3, -0.25) is 0 Å². The number of hydrogen-bond donors (Lipinski definition) is 1. The Labute approximate surface area is 108 Å². The summed E-state index contributed by atoms with van der Waals surface area (Å²) in [6.07, 6.45) is 0.812. The van der Waals surface area contributed by atoms with Crippen molar-refractivity contribution in [1.29, 1.82) is 0 Å². The number of halogens is 1. The summed E-state index contributed by atoms with van der Waals surface area (Å²) in [6, 6.07) is 4.10. The molecule has 0 heterocycles. The number of benzene rings is 1. The Morgan fingerprint density at radius 2 is 2.00 bits per heavy atom. The Kier molecular flexibility index (Phi) is 5.28. The minimum Gasteiger partial charge on any atom is -0.326 e. The van der Waals surface area contributed by atoms with Gasteiger partial charge < -0.3 is 5.73 Å². The molecule has 1 unspecified atom stereocenters. The maximum atomic E-state index is 13.2. The van der Waals surface area contributed by atoms with E-state index in [9.17, 15) is 12.8 Å². The molecule has 0 spiro atoms. The molecule has 1 rings (SSSR count). The van der Waals surface area contributed by atoms with Crippen LogP contribution in [0, 0.1) is 11.7 Å². The first kappa shape index (κ1) is 15.1. The molecule has 0 aromatic heterocycles. The van der Waals surface area contributed by atoms with Crippen LogP contribution in [-0.4, -0.2) is 14.2 Å². The van der Waals surface area contributed by atoms with Crippen LogP contribution in [0.2, 0.25) is 0 Å². The minimum absolute atomic E-state index is 0.116. The van der Waals surface area contributed by atoms with Gasteiger partial charge in [-0.25, -0.2) is 12.8 Å². The van der Waals surface area contributed by atoms with E-state index < -0.39 is 15.7 Å². The van der Waals surface area contributed by atoms with E-state index >= 15 is 0 Å². The molecule has 5 heteroatoms. The van der Waals surface area contributed by atoms with Crippen LogP contribution in [-0.2, 0) is 22.1 Å². The fraction of sp³-hybridized carbons (Fsp3) is 0.538. The highest BCUT2D eigenvalue weighted by atomic mass is 32.2. The Morgan fingerprint density at radius 3 is 2.56 bits per heavy atom. The first-order chi connectivity index (χ1) is 8.38. The van der Waals surface area contributed by atoms with E-state index in [1.807, 2.05) is 13.8 Å². The molecule has 0 radical (unpaired) electrons. The Balaban J connectivity index is 2.93. The van der Waals surface area contributed by atoms with Gasteiger partial charge in [0.15, 0.2) is 9.84 Å². The summed E-state index contributed by atoms with van der Waals surface area (Å²) in [5.74, 6) is -0.322.